The fraction of sp³-hybridized carbons (Fsp3) is 0.667. The highest BCUT2D eigenvalue weighted by Crippen LogP contribution is 2.04. The first-order valence-electron chi connectivity index (χ1n) is 2.82. The van der Waals surface area contributed by atoms with Crippen molar-refractivity contribution >= 4 is 29.0 Å². The lowest BCUT2D eigenvalue weighted by Crippen LogP contribution is -2.03. The van der Waals surface area contributed by atoms with Crippen molar-refractivity contribution in [2.24, 2.45) is 0 Å². The molecular weight excluding hydrogens is 173 g/mol. The van der Waals surface area contributed by atoms with Gasteiger partial charge in [-0.1, -0.05) is 0 Å². The Hall–Kier alpha value is -0.260. The molecule has 0 aliphatic carbocycles. The third kappa shape index (κ3) is 4.60. The Labute approximate surface area is 69.7 Å². The molecule has 0 N–H and O–H groups in total. The number of alkyl halides is 2. The molecule has 0 aromatic rings. The van der Waals surface area contributed by atoms with Crippen LogP contribution in [0.25, 0.3) is 0 Å². The first-order valence-corrected chi connectivity index (χ1v) is 3.79. The molecule has 0 aromatic carbocycles. The van der Waals surface area contributed by atoms with E-state index in [-0.39, 0.29) is 11.7 Å². The van der Waals surface area contributed by atoms with E-state index >= 15 is 0 Å². The maximum absolute atomic E-state index is 10.5. The van der Waals surface area contributed by atoms with Gasteiger partial charge in [-0.2, -0.15) is 5.26 Å². The number of nitrogens with zero attached hydrogens (tertiary/aromatic N) is 1. The Morgan fingerprint density at radius 1 is 1.70 bits per heavy atom. The van der Waals surface area contributed by atoms with Gasteiger partial charge in [0.15, 0.2) is 0 Å². The van der Waals surface area contributed by atoms with E-state index < -0.39 is 5.38 Å². The first-order chi connectivity index (χ1) is 4.70. The second-order valence-corrected chi connectivity index (χ2v) is 2.60. The third-order valence-electron chi connectivity index (χ3n) is 0.966. The van der Waals surface area contributed by atoms with E-state index in [4.69, 9.17) is 28.5 Å². The Morgan fingerprint density at radius 2 is 2.30 bits per heavy atom. The summed E-state index contributed by atoms with van der Waals surface area (Å²) in [7, 11) is 0. The van der Waals surface area contributed by atoms with Crippen LogP contribution in [0.2, 0.25) is 0 Å². The van der Waals surface area contributed by atoms with E-state index in [1.807, 2.05) is 6.07 Å². The Morgan fingerprint density at radius 3 is 2.70 bits per heavy atom. The molecule has 2 nitrogen and oxygen atoms in total. The largest absolute Gasteiger partial charge is 0.298 e. The number of halogens is 2. The van der Waals surface area contributed by atoms with Gasteiger partial charge in [-0.25, -0.2) is 0 Å². The number of hydrogen-bond acceptors (Lipinski definition) is 2. The number of ketones is 1. The van der Waals surface area contributed by atoms with E-state index in [2.05, 4.69) is 0 Å². The molecule has 0 saturated heterocycles. The molecule has 1 atom stereocenters. The summed E-state index contributed by atoms with van der Waals surface area (Å²) >= 11 is 10.6. The molecule has 56 valence electrons. The Balaban J connectivity index is 3.37. The molecule has 0 radical (unpaired) electrons. The minimum absolute atomic E-state index is 0.00897. The number of carbonyl (C=O) groups is 1. The number of nitriles is 1. The molecule has 0 rings (SSSR count). The number of Topliss-reactive ketones (excluding diaryl/α,β-unsaturated/α-hetero) is 1. The maximum Gasteiger partial charge on any atom is 0.147 e. The summed E-state index contributed by atoms with van der Waals surface area (Å²) in [5.74, 6) is -0.0581. The van der Waals surface area contributed by atoms with E-state index in [1.54, 1.807) is 0 Å². The molecule has 0 heterocycles. The van der Waals surface area contributed by atoms with Crippen LogP contribution in [0.1, 0.15) is 12.8 Å². The molecule has 0 aromatic heterocycles. The summed E-state index contributed by atoms with van der Waals surface area (Å²) in [5.41, 5.74) is 0. The van der Waals surface area contributed by atoms with Crippen molar-refractivity contribution in [3.63, 3.8) is 0 Å². The van der Waals surface area contributed by atoms with E-state index in [9.17, 15) is 4.79 Å². The highest BCUT2D eigenvalue weighted by atomic mass is 35.5. The summed E-state index contributed by atoms with van der Waals surface area (Å²) in [6.45, 7) is 0. The zero-order chi connectivity index (χ0) is 7.98. The van der Waals surface area contributed by atoms with Crippen molar-refractivity contribution in [3.05, 3.63) is 0 Å². The van der Waals surface area contributed by atoms with Crippen molar-refractivity contribution in [1.29, 1.82) is 5.26 Å². The van der Waals surface area contributed by atoms with Crippen molar-refractivity contribution in [2.45, 2.75) is 18.2 Å². The lowest BCUT2D eigenvalue weighted by Gasteiger charge is -1.95. The second kappa shape index (κ2) is 5.52. The van der Waals surface area contributed by atoms with Gasteiger partial charge in [0, 0.05) is 6.42 Å². The van der Waals surface area contributed by atoms with Gasteiger partial charge in [0.05, 0.1) is 11.9 Å². The fourth-order valence-electron chi connectivity index (χ4n) is 0.419. The smallest absolute Gasteiger partial charge is 0.147 e. The molecule has 0 fully saturated rings. The van der Waals surface area contributed by atoms with E-state index in [0.29, 0.717) is 12.8 Å². The van der Waals surface area contributed by atoms with E-state index in [1.165, 1.54) is 0 Å². The first kappa shape index (κ1) is 9.74. The Kier molecular flexibility index (Phi) is 5.38. The predicted molar refractivity (Wildman–Crippen MR) is 40.2 cm³/mol. The van der Waals surface area contributed by atoms with Crippen molar-refractivity contribution in [2.75, 3.05) is 5.88 Å². The quantitative estimate of drug-likeness (QED) is 0.617. The van der Waals surface area contributed by atoms with Crippen LogP contribution in [-0.2, 0) is 4.79 Å². The van der Waals surface area contributed by atoms with Gasteiger partial charge in [-0.15, -0.1) is 23.2 Å². The summed E-state index contributed by atoms with van der Waals surface area (Å²) in [6, 6.07) is 1.81. The van der Waals surface area contributed by atoms with Crippen LogP contribution in [0.5, 0.6) is 0 Å². The highest BCUT2D eigenvalue weighted by Gasteiger charge is 2.05. The molecule has 0 aliphatic heterocycles. The van der Waals surface area contributed by atoms with Crippen LogP contribution < -0.4 is 0 Å². The van der Waals surface area contributed by atoms with Crippen molar-refractivity contribution in [3.8, 4) is 6.07 Å². The van der Waals surface area contributed by atoms with Crippen LogP contribution in [0.15, 0.2) is 0 Å². The maximum atomic E-state index is 10.5. The summed E-state index contributed by atoms with van der Waals surface area (Å²) in [6.07, 6.45) is 0.689. The van der Waals surface area contributed by atoms with Gasteiger partial charge in [-0.05, 0) is 6.42 Å². The van der Waals surface area contributed by atoms with Gasteiger partial charge in [0.25, 0.3) is 0 Å². The topological polar surface area (TPSA) is 40.9 Å². The summed E-state index contributed by atoms with van der Waals surface area (Å²) in [4.78, 5) is 10.5. The average molecular weight is 180 g/mol. The van der Waals surface area contributed by atoms with Gasteiger partial charge < -0.3 is 0 Å². The molecular formula is C6H7Cl2NO. The molecule has 1 unspecified atom stereocenters. The normalized spacial score (nSPS) is 12.1. The molecule has 0 bridgehead atoms. The molecule has 10 heavy (non-hydrogen) atoms. The van der Waals surface area contributed by atoms with Crippen LogP contribution in [0.4, 0.5) is 0 Å². The standard InChI is InChI=1S/C6H7Cl2NO/c7-3-6(10)2-1-5(8)4-9/h5H,1-3H2. The second-order valence-electron chi connectivity index (χ2n) is 1.81. The van der Waals surface area contributed by atoms with Gasteiger partial charge in [0.1, 0.15) is 11.2 Å². The SMILES string of the molecule is N#CC(Cl)CCC(=O)CCl. The highest BCUT2D eigenvalue weighted by molar-refractivity contribution is 6.27. The average Bonchev–Trinajstić information content (AvgIpc) is 1.99. The van der Waals surface area contributed by atoms with Crippen molar-refractivity contribution in [1.82, 2.24) is 0 Å². The van der Waals surface area contributed by atoms with Gasteiger partial charge in [-0.3, -0.25) is 4.79 Å². The zero-order valence-electron chi connectivity index (χ0n) is 5.31. The van der Waals surface area contributed by atoms with Crippen LogP contribution in [0.3, 0.4) is 0 Å². The van der Waals surface area contributed by atoms with E-state index in [0.717, 1.165) is 0 Å². The van der Waals surface area contributed by atoms with Crippen LogP contribution in [-0.4, -0.2) is 17.0 Å². The lowest BCUT2D eigenvalue weighted by molar-refractivity contribution is -0.116. The fourth-order valence-corrected chi connectivity index (χ4v) is 0.662. The number of carbonyl (C=O) groups excluding carboxylic acids is 1. The monoisotopic (exact) mass is 179 g/mol. The predicted octanol–water partition coefficient (Wildman–Crippen LogP) is 1.71. The number of rotatable bonds is 4. The summed E-state index contributed by atoms with van der Waals surface area (Å²) < 4.78 is 0. The number of hydrogen-bond donors (Lipinski definition) is 0. The Bertz CT molecular complexity index is 152. The van der Waals surface area contributed by atoms with Crippen molar-refractivity contribution < 1.29 is 4.79 Å². The minimum atomic E-state index is -0.563. The minimum Gasteiger partial charge on any atom is -0.298 e. The van der Waals surface area contributed by atoms with Crippen LogP contribution in [0, 0.1) is 11.3 Å². The molecule has 0 amide bonds. The van der Waals surface area contributed by atoms with Crippen LogP contribution >= 0.6 is 23.2 Å². The zero-order valence-corrected chi connectivity index (χ0v) is 6.82. The molecule has 4 heteroatoms. The molecule has 0 saturated carbocycles. The van der Waals surface area contributed by atoms with Gasteiger partial charge in [0.2, 0.25) is 0 Å². The lowest BCUT2D eigenvalue weighted by atomic mass is 10.2. The summed E-state index contributed by atoms with van der Waals surface area (Å²) in [5, 5.41) is 7.63. The molecule has 0 aliphatic rings. The van der Waals surface area contributed by atoms with Gasteiger partial charge >= 0.3 is 0 Å². The third-order valence-corrected chi connectivity index (χ3v) is 1.58. The molecule has 0 spiro atoms.